The molecule has 0 bridgehead atoms. The molecule has 12 nitrogen and oxygen atoms in total. The molecule has 3 aliphatic rings. The van der Waals surface area contributed by atoms with Gasteiger partial charge < -0.3 is 39.5 Å². The first-order valence-electron chi connectivity index (χ1n) is 25.2. The number of anilines is 1. The highest BCUT2D eigenvalue weighted by atomic mass is 28.4. The van der Waals surface area contributed by atoms with Gasteiger partial charge in [-0.2, -0.15) is 0 Å². The van der Waals surface area contributed by atoms with Crippen molar-refractivity contribution in [2.45, 2.75) is 96.0 Å². The van der Waals surface area contributed by atoms with Crippen LogP contribution in [0.3, 0.4) is 0 Å². The molecular formula is C56H73N5O7Si. The number of rotatable bonds is 22. The number of nitrogens with one attached hydrogen (secondary N) is 2. The highest BCUT2D eigenvalue weighted by molar-refractivity contribution is 6.74. The fourth-order valence-electron chi connectivity index (χ4n) is 10.2. The predicted molar refractivity (Wildman–Crippen MR) is 278 cm³/mol. The molecule has 4 atom stereocenters. The van der Waals surface area contributed by atoms with E-state index in [2.05, 4.69) is 73.3 Å². The van der Waals surface area contributed by atoms with Crippen molar-refractivity contribution >= 4 is 36.9 Å². The normalized spacial score (nSPS) is 18.9. The summed E-state index contributed by atoms with van der Waals surface area (Å²) >= 11 is 0. The smallest absolute Gasteiger partial charge is 0.412 e. The number of phenols is 1. The zero-order chi connectivity index (χ0) is 48.7. The summed E-state index contributed by atoms with van der Waals surface area (Å²) in [7, 11) is -2.22. The van der Waals surface area contributed by atoms with Gasteiger partial charge in [0.2, 0.25) is 11.5 Å². The Labute approximate surface area is 409 Å². The van der Waals surface area contributed by atoms with E-state index in [0.29, 0.717) is 62.5 Å². The summed E-state index contributed by atoms with van der Waals surface area (Å²) in [6.07, 6.45) is 5.01. The van der Waals surface area contributed by atoms with Crippen molar-refractivity contribution in [3.8, 4) is 16.9 Å². The fraction of sp³-hybridized carbons (Fsp3) is 0.482. The standard InChI is InChI=1S/C56H73N5O7Si/c1-56(2,3)69(4,5)68-51(47-21-23-50(62)54-48(47)22-24-52(63)58-54)35-57-28-30-60(36-41-19-20-41)53(64)27-32-67-31-26-40-17-15-39(16-18-40)25-29-59-37-43-33-45(34-44(43)38-59)61(55(65)66)49-14-10-9-13-46(49)42-11-7-6-8-12-42/h6-18,21-24,41,43-45,51,57,62H,19-20,25-38H2,1-5H3,(H,58,63)(H,65,66)/t43-,44+,45?,51-/m0/s1. The van der Waals surface area contributed by atoms with E-state index in [9.17, 15) is 24.6 Å². The van der Waals surface area contributed by atoms with Crippen molar-refractivity contribution in [2.75, 3.05) is 63.9 Å². The van der Waals surface area contributed by atoms with Gasteiger partial charge in [-0.25, -0.2) is 4.79 Å². The lowest BCUT2D eigenvalue weighted by Crippen LogP contribution is -2.44. The van der Waals surface area contributed by atoms with Gasteiger partial charge in [0.25, 0.3) is 0 Å². The number of aromatic hydroxyl groups is 1. The zero-order valence-corrected chi connectivity index (χ0v) is 42.3. The Balaban J connectivity index is 0.753. The third-order valence-electron chi connectivity index (χ3n) is 15.3. The van der Waals surface area contributed by atoms with E-state index in [4.69, 9.17) is 9.16 Å². The third kappa shape index (κ3) is 12.7. The number of nitrogens with zero attached hydrogens (tertiary/aromatic N) is 3. The number of aromatic amines is 1. The second kappa shape index (κ2) is 22.2. The van der Waals surface area contributed by atoms with E-state index in [1.54, 1.807) is 17.0 Å². The molecular weight excluding hydrogens is 883 g/mol. The molecule has 1 saturated heterocycles. The van der Waals surface area contributed by atoms with Crippen molar-refractivity contribution in [1.29, 1.82) is 0 Å². The highest BCUT2D eigenvalue weighted by Gasteiger charge is 2.45. The van der Waals surface area contributed by atoms with E-state index in [-0.39, 0.29) is 34.4 Å². The van der Waals surface area contributed by atoms with Gasteiger partial charge in [-0.1, -0.05) is 99.6 Å². The molecule has 2 aliphatic carbocycles. The Bertz CT molecular complexity index is 2560. The number of para-hydroxylation sites is 1. The Hall–Kier alpha value is -5.31. The predicted octanol–water partition coefficient (Wildman–Crippen LogP) is 9.88. The van der Waals surface area contributed by atoms with Crippen molar-refractivity contribution in [2.24, 2.45) is 17.8 Å². The van der Waals surface area contributed by atoms with E-state index in [1.165, 1.54) is 17.2 Å². The van der Waals surface area contributed by atoms with Gasteiger partial charge in [0, 0.05) is 68.9 Å². The summed E-state index contributed by atoms with van der Waals surface area (Å²) < 4.78 is 13.0. The summed E-state index contributed by atoms with van der Waals surface area (Å²) in [5.41, 5.74) is 6.32. The van der Waals surface area contributed by atoms with Crippen molar-refractivity contribution in [3.63, 3.8) is 0 Å². The monoisotopic (exact) mass is 956 g/mol. The van der Waals surface area contributed by atoms with Crippen LogP contribution in [0.15, 0.2) is 108 Å². The maximum Gasteiger partial charge on any atom is 0.412 e. The quantitative estimate of drug-likeness (QED) is 0.0393. The largest absolute Gasteiger partial charge is 0.506 e. The number of pyridine rings is 1. The Morgan fingerprint density at radius 2 is 1.55 bits per heavy atom. The van der Waals surface area contributed by atoms with E-state index in [0.717, 1.165) is 92.5 Å². The SMILES string of the molecule is CC(C)(C)[Si](C)(C)O[C@@H](CNCCN(CC1CC1)C(=O)CCOCCc1ccc(CCN2C[C@H]3CC(N(C(=O)O)c4ccccc4-c4ccccc4)C[C@H]3C2)cc1)c1ccc(O)c2[nH]c(=O)ccc12. The molecule has 2 heterocycles. The van der Waals surface area contributed by atoms with Crippen LogP contribution in [0.4, 0.5) is 10.5 Å². The molecule has 3 fully saturated rings. The van der Waals surface area contributed by atoms with Gasteiger partial charge in [-0.05, 0) is 115 Å². The van der Waals surface area contributed by atoms with Crippen LogP contribution >= 0.6 is 0 Å². The number of amides is 2. The molecule has 0 radical (unpaired) electrons. The van der Waals surface area contributed by atoms with Crippen molar-refractivity contribution in [1.82, 2.24) is 20.1 Å². The van der Waals surface area contributed by atoms with Crippen molar-refractivity contribution < 1.29 is 29.0 Å². The number of carbonyl (C=O) groups is 2. The second-order valence-electron chi connectivity index (χ2n) is 21.3. The van der Waals surface area contributed by atoms with Crippen LogP contribution < -0.4 is 15.8 Å². The van der Waals surface area contributed by atoms with Crippen LogP contribution in [0.2, 0.25) is 18.1 Å². The molecule has 4 N–H and O–H groups in total. The van der Waals surface area contributed by atoms with Crippen LogP contribution in [0.1, 0.15) is 75.7 Å². The average molecular weight is 956 g/mol. The van der Waals surface area contributed by atoms with E-state index < -0.39 is 14.4 Å². The van der Waals surface area contributed by atoms with Gasteiger partial charge >= 0.3 is 6.09 Å². The van der Waals surface area contributed by atoms with E-state index in [1.807, 2.05) is 65.6 Å². The van der Waals surface area contributed by atoms with Gasteiger partial charge in [0.1, 0.15) is 5.75 Å². The zero-order valence-electron chi connectivity index (χ0n) is 41.3. The third-order valence-corrected chi connectivity index (χ3v) is 19.8. The fourth-order valence-corrected chi connectivity index (χ4v) is 11.5. The van der Waals surface area contributed by atoms with Crippen LogP contribution in [0.5, 0.6) is 5.75 Å². The topological polar surface area (TPSA) is 148 Å². The Morgan fingerprint density at radius 3 is 2.23 bits per heavy atom. The number of likely N-dealkylation sites (tertiary alicyclic amines) is 1. The molecule has 1 aromatic heterocycles. The van der Waals surface area contributed by atoms with Gasteiger partial charge in [-0.3, -0.25) is 14.5 Å². The molecule has 2 amide bonds. The molecule has 0 spiro atoms. The van der Waals surface area contributed by atoms with Crippen LogP contribution in [0.25, 0.3) is 22.0 Å². The highest BCUT2D eigenvalue weighted by Crippen LogP contribution is 2.44. The molecule has 2 saturated carbocycles. The number of benzene rings is 4. The number of fused-ring (bicyclic) bond motifs is 2. The molecule has 5 aromatic rings. The summed E-state index contributed by atoms with van der Waals surface area (Å²) in [6, 6.07) is 33.5. The minimum atomic E-state index is -2.22. The van der Waals surface area contributed by atoms with Crippen LogP contribution in [-0.2, 0) is 26.8 Å². The number of ether oxygens (including phenoxy) is 1. The lowest BCUT2D eigenvalue weighted by Gasteiger charge is -2.39. The average Bonchev–Trinajstić information content (AvgIpc) is 3.95. The summed E-state index contributed by atoms with van der Waals surface area (Å²) in [6.45, 7) is 17.5. The second-order valence-corrected chi connectivity index (χ2v) is 26.0. The van der Waals surface area contributed by atoms with Crippen molar-refractivity contribution in [3.05, 3.63) is 130 Å². The number of carboxylic acid groups (broad SMARTS) is 1. The molecule has 368 valence electrons. The number of carbonyl (C=O) groups excluding carboxylic acids is 1. The molecule has 4 aromatic carbocycles. The van der Waals surface area contributed by atoms with E-state index >= 15 is 0 Å². The van der Waals surface area contributed by atoms with Gasteiger partial charge in [0.05, 0.1) is 36.9 Å². The maximum atomic E-state index is 13.5. The lowest BCUT2D eigenvalue weighted by atomic mass is 10.0. The number of hydrogen-bond donors (Lipinski definition) is 4. The molecule has 69 heavy (non-hydrogen) atoms. The Morgan fingerprint density at radius 1 is 0.870 bits per heavy atom. The number of phenolic OH excluding ortho intramolecular Hbond substituents is 1. The minimum Gasteiger partial charge on any atom is -0.506 e. The minimum absolute atomic E-state index is 0.0207. The first-order chi connectivity index (χ1) is 33.1. The first-order valence-corrected chi connectivity index (χ1v) is 28.1. The molecule has 1 unspecified atom stereocenters. The maximum absolute atomic E-state index is 13.5. The lowest BCUT2D eigenvalue weighted by molar-refractivity contribution is -0.132. The summed E-state index contributed by atoms with van der Waals surface area (Å²) in [5.74, 6) is 1.71. The number of H-pyrrole nitrogens is 1. The molecule has 13 heteroatoms. The molecule has 1 aliphatic heterocycles. The summed E-state index contributed by atoms with van der Waals surface area (Å²) in [4.78, 5) is 47.4. The van der Waals surface area contributed by atoms with Crippen LogP contribution in [0, 0.1) is 17.8 Å². The van der Waals surface area contributed by atoms with Gasteiger partial charge in [0.15, 0.2) is 8.32 Å². The number of hydrogen-bond acceptors (Lipinski definition) is 8. The summed E-state index contributed by atoms with van der Waals surface area (Å²) in [5, 5.41) is 25.3. The first kappa shape index (κ1) is 50.1. The van der Waals surface area contributed by atoms with Gasteiger partial charge in [-0.15, -0.1) is 0 Å². The van der Waals surface area contributed by atoms with Crippen LogP contribution in [-0.4, -0.2) is 110 Å². The number of aromatic nitrogens is 1. The molecule has 8 rings (SSSR count). The Kier molecular flexibility index (Phi) is 16.1.